The van der Waals surface area contributed by atoms with Crippen LogP contribution in [0.1, 0.15) is 39.0 Å². The smallest absolute Gasteiger partial charge is 0.171 e. The Bertz CT molecular complexity index is 281. The summed E-state index contributed by atoms with van der Waals surface area (Å²) in [6.45, 7) is 5.98. The Kier molecular flexibility index (Phi) is 38.5. The van der Waals surface area contributed by atoms with Crippen LogP contribution in [0.15, 0.2) is 54.6 Å². The normalized spacial score (nSPS) is 7.48. The Labute approximate surface area is 157 Å². The van der Waals surface area contributed by atoms with Gasteiger partial charge in [-0.2, -0.15) is 42.8 Å². The third-order valence-corrected chi connectivity index (χ3v) is 2.26. The maximum absolute atomic E-state index is 7.94. The van der Waals surface area contributed by atoms with Crippen molar-refractivity contribution in [3.05, 3.63) is 79.7 Å². The summed E-state index contributed by atoms with van der Waals surface area (Å²) in [6, 6.07) is 25.5. The molecule has 134 valence electrons. The molecule has 2 aromatic rings. The molecule has 0 fully saturated rings. The minimum absolute atomic E-state index is 1.11. The summed E-state index contributed by atoms with van der Waals surface area (Å²) in [4.78, 5) is 0. The molecule has 23 heavy (non-hydrogen) atoms. The van der Waals surface area contributed by atoms with Gasteiger partial charge < -0.3 is 19.1 Å². The fourth-order valence-electron chi connectivity index (χ4n) is 1.25. The Balaban J connectivity index is -0.000000235. The summed E-state index contributed by atoms with van der Waals surface area (Å²) in [5, 5.41) is 0. The second-order valence-electron chi connectivity index (χ2n) is 3.99. The molecular weight excluding hydrogens is 378 g/mol. The van der Waals surface area contributed by atoms with E-state index in [1.54, 1.807) is 0 Å². The van der Waals surface area contributed by atoms with E-state index in [0.717, 1.165) is 6.42 Å². The number of hydrogen-bond donors (Lipinski definition) is 0. The standard InChI is InChI=1S/C7H15.C6H5.C6H4.2Co.2O/c1-3-5-7-6-4-2;2*1-2-4-6-5-3-1;;;;/h1,3-7H2,2H3;1-5H;1-2,5-6H;;;;/q2*-1;-2;;;;. The molecule has 0 aromatic heterocycles. The average Bonchev–Trinajstić information content (AvgIpc) is 2.69. The first-order valence-electron chi connectivity index (χ1n) is 7.21. The molecule has 0 N–H and O–H groups in total. The number of benzene rings is 2. The zero-order valence-corrected chi connectivity index (χ0v) is 15.5. The topological polar surface area (TPSA) is 34.1 Å². The van der Waals surface area contributed by atoms with Crippen LogP contribution in [-0.2, 0) is 39.1 Å². The zero-order valence-electron chi connectivity index (χ0n) is 13.4. The predicted molar refractivity (Wildman–Crippen MR) is 84.9 cm³/mol. The monoisotopic (exact) mass is 402 g/mol. The third-order valence-electron chi connectivity index (χ3n) is 2.26. The zero-order chi connectivity index (χ0) is 18.0. The minimum atomic E-state index is 1.11. The molecule has 0 saturated carbocycles. The molecule has 4 heteroatoms. The van der Waals surface area contributed by atoms with E-state index in [2.05, 4.69) is 63.4 Å². The van der Waals surface area contributed by atoms with E-state index >= 15 is 0 Å². The van der Waals surface area contributed by atoms with E-state index < -0.39 is 0 Å². The molecule has 0 bridgehead atoms. The molecular formula is C19H24Co2O2-4. The van der Waals surface area contributed by atoms with Crippen LogP contribution in [0, 0.1) is 25.1 Å². The van der Waals surface area contributed by atoms with E-state index in [-0.39, 0.29) is 0 Å². The third kappa shape index (κ3) is 33.7. The first-order chi connectivity index (χ1) is 11.4. The van der Waals surface area contributed by atoms with Gasteiger partial charge in [0.25, 0.3) is 0 Å². The van der Waals surface area contributed by atoms with Crippen molar-refractivity contribution in [2.75, 3.05) is 0 Å². The fourth-order valence-corrected chi connectivity index (χ4v) is 1.25. The summed E-state index contributed by atoms with van der Waals surface area (Å²) >= 11 is 4.62. The van der Waals surface area contributed by atoms with Crippen molar-refractivity contribution in [3.8, 4) is 0 Å². The second kappa shape index (κ2) is 32.9. The largest absolute Gasteiger partial charge is 0.319 e. The van der Waals surface area contributed by atoms with Gasteiger partial charge >= 0.3 is 39.1 Å². The van der Waals surface area contributed by atoms with Crippen molar-refractivity contribution in [2.45, 2.75) is 39.0 Å². The molecule has 0 radical (unpaired) electrons. The number of rotatable bonds is 4. The van der Waals surface area contributed by atoms with E-state index in [4.69, 9.17) is 7.73 Å². The molecule has 0 heterocycles. The van der Waals surface area contributed by atoms with Crippen LogP contribution in [0.3, 0.4) is 0 Å². The maximum atomic E-state index is 7.94. The van der Waals surface area contributed by atoms with Gasteiger partial charge in [0.1, 0.15) is 0 Å². The Morgan fingerprint density at radius 2 is 1.13 bits per heavy atom. The van der Waals surface area contributed by atoms with Crippen LogP contribution in [0.5, 0.6) is 0 Å². The van der Waals surface area contributed by atoms with Gasteiger partial charge in [0.2, 0.25) is 0 Å². The summed E-state index contributed by atoms with van der Waals surface area (Å²) in [6.07, 6.45) is 6.52. The predicted octanol–water partition coefficient (Wildman–Crippen LogP) is 5.32. The van der Waals surface area contributed by atoms with Crippen LogP contribution in [0.2, 0.25) is 0 Å². The molecule has 0 atom stereocenters. The van der Waals surface area contributed by atoms with Crippen molar-refractivity contribution < 1.29 is 39.1 Å². The quantitative estimate of drug-likeness (QED) is 0.512. The van der Waals surface area contributed by atoms with Crippen LogP contribution in [-0.4, -0.2) is 0 Å². The average molecular weight is 402 g/mol. The van der Waals surface area contributed by atoms with E-state index in [9.17, 15) is 0 Å². The molecule has 0 saturated heterocycles. The fraction of sp³-hybridized carbons (Fsp3) is 0.316. The Hall–Kier alpha value is -0.947. The van der Waals surface area contributed by atoms with Crippen molar-refractivity contribution in [1.82, 2.24) is 0 Å². The molecule has 0 aliphatic heterocycles. The van der Waals surface area contributed by atoms with Gasteiger partial charge in [0, 0.05) is 0 Å². The van der Waals surface area contributed by atoms with E-state index in [1.165, 1.54) is 25.7 Å². The van der Waals surface area contributed by atoms with Crippen LogP contribution < -0.4 is 0 Å². The molecule has 0 unspecified atom stereocenters. The van der Waals surface area contributed by atoms with Crippen LogP contribution in [0.4, 0.5) is 0 Å². The SMILES string of the molecule is [CH2-]CCCCCC.[O]=[Co].[O]=[Co].[c-]1cc[c-]cc1.[c-]1ccccc1. The molecule has 0 amide bonds. The first kappa shape index (κ1) is 26.9. The van der Waals surface area contributed by atoms with Crippen molar-refractivity contribution >= 4 is 0 Å². The molecule has 2 nitrogen and oxygen atoms in total. The Morgan fingerprint density at radius 3 is 1.35 bits per heavy atom. The molecule has 0 aliphatic carbocycles. The number of unbranched alkanes of at least 4 members (excludes halogenated alkanes) is 4. The summed E-state index contributed by atoms with van der Waals surface area (Å²) in [7, 11) is 0. The van der Waals surface area contributed by atoms with Gasteiger partial charge in [0.05, 0.1) is 0 Å². The molecule has 0 aliphatic rings. The van der Waals surface area contributed by atoms with Crippen molar-refractivity contribution in [3.63, 3.8) is 0 Å². The van der Waals surface area contributed by atoms with Crippen molar-refractivity contribution in [1.29, 1.82) is 0 Å². The van der Waals surface area contributed by atoms with Gasteiger partial charge in [-0.15, -0.1) is 0 Å². The van der Waals surface area contributed by atoms with Gasteiger partial charge in [-0.05, 0) is 0 Å². The van der Waals surface area contributed by atoms with Gasteiger partial charge in [-0.1, -0.05) is 32.6 Å². The molecule has 2 rings (SSSR count). The van der Waals surface area contributed by atoms with E-state index in [0.29, 0.717) is 0 Å². The maximum Gasteiger partial charge on any atom is -0.171 e. The van der Waals surface area contributed by atoms with Crippen LogP contribution in [0.25, 0.3) is 0 Å². The van der Waals surface area contributed by atoms with Gasteiger partial charge in [-0.3, -0.25) is 24.3 Å². The minimum Gasteiger partial charge on any atom is -0.319 e. The summed E-state index contributed by atoms with van der Waals surface area (Å²) in [5.41, 5.74) is 0. The Morgan fingerprint density at radius 1 is 0.696 bits per heavy atom. The van der Waals surface area contributed by atoms with Gasteiger partial charge in [0.15, 0.2) is 0 Å². The van der Waals surface area contributed by atoms with Gasteiger partial charge in [-0.25, -0.2) is 0 Å². The summed E-state index contributed by atoms with van der Waals surface area (Å²) in [5.74, 6) is 0. The van der Waals surface area contributed by atoms with E-state index in [1.807, 2.05) is 54.6 Å². The second-order valence-corrected chi connectivity index (χ2v) is 3.99. The first-order valence-corrected chi connectivity index (χ1v) is 8.06. The molecule has 2 aromatic carbocycles. The summed E-state index contributed by atoms with van der Waals surface area (Å²) < 4.78 is 15.9. The molecule has 0 spiro atoms. The number of hydrogen-bond acceptors (Lipinski definition) is 2. The van der Waals surface area contributed by atoms with Crippen molar-refractivity contribution in [2.24, 2.45) is 0 Å². The van der Waals surface area contributed by atoms with Crippen LogP contribution >= 0.6 is 0 Å².